The first kappa shape index (κ1) is 12.9. The number of nitrogens with zero attached hydrogens (tertiary/aromatic N) is 3. The van der Waals surface area contributed by atoms with Crippen LogP contribution in [0.15, 0.2) is 18.5 Å². The number of ether oxygens (including phenoxy) is 1. The monoisotopic (exact) mass is 292 g/mol. The van der Waals surface area contributed by atoms with E-state index in [1.54, 1.807) is 12.3 Å². The number of rotatable bonds is 2. The van der Waals surface area contributed by atoms with Crippen molar-refractivity contribution in [1.82, 2.24) is 14.8 Å². The molecule has 0 radical (unpaired) electrons. The van der Waals surface area contributed by atoms with Crippen LogP contribution in [0.3, 0.4) is 0 Å². The van der Waals surface area contributed by atoms with Crippen LogP contribution in [0.4, 0.5) is 5.82 Å². The lowest BCUT2D eigenvalue weighted by atomic mass is 10.1. The molecule has 1 amide bonds. The number of amides is 1. The normalized spacial score (nSPS) is 13.5. The molecule has 0 aliphatic carbocycles. The van der Waals surface area contributed by atoms with Crippen LogP contribution in [0.5, 0.6) is 5.88 Å². The quantitative estimate of drug-likeness (QED) is 0.922. The number of pyridine rings is 1. The van der Waals surface area contributed by atoms with E-state index in [0.29, 0.717) is 23.3 Å². The molecule has 0 saturated carbocycles. The summed E-state index contributed by atoms with van der Waals surface area (Å²) in [5, 5.41) is 7.42. The molecule has 3 heterocycles. The zero-order chi connectivity index (χ0) is 14.1. The molecular formula is C13H13ClN4O2. The molecule has 0 saturated heterocycles. The molecule has 6 nitrogen and oxygen atoms in total. The van der Waals surface area contributed by atoms with E-state index < -0.39 is 0 Å². The molecule has 0 unspecified atom stereocenters. The summed E-state index contributed by atoms with van der Waals surface area (Å²) in [6.07, 6.45) is 4.17. The Morgan fingerprint density at radius 2 is 2.30 bits per heavy atom. The highest BCUT2D eigenvalue weighted by atomic mass is 35.5. The first-order chi connectivity index (χ1) is 9.65. The van der Waals surface area contributed by atoms with E-state index in [1.807, 2.05) is 4.68 Å². The zero-order valence-corrected chi connectivity index (χ0v) is 11.6. The number of nitrogens with one attached hydrogen (secondary N) is 1. The zero-order valence-electron chi connectivity index (χ0n) is 10.9. The molecule has 2 aromatic heterocycles. The number of halogens is 1. The molecule has 1 aliphatic rings. The van der Waals surface area contributed by atoms with Crippen molar-refractivity contribution in [2.75, 3.05) is 11.9 Å². The Balaban J connectivity index is 2.05. The predicted molar refractivity (Wildman–Crippen MR) is 74.9 cm³/mol. The number of anilines is 1. The third kappa shape index (κ3) is 2.34. The second kappa shape index (κ2) is 5.13. The first-order valence-electron chi connectivity index (χ1n) is 6.27. The summed E-state index contributed by atoms with van der Waals surface area (Å²) in [6, 6.07) is 1.72. The van der Waals surface area contributed by atoms with Crippen LogP contribution >= 0.6 is 11.6 Å². The summed E-state index contributed by atoms with van der Waals surface area (Å²) in [5.41, 5.74) is 1.55. The summed E-state index contributed by atoms with van der Waals surface area (Å²) in [5.74, 6) is 0.977. The van der Waals surface area contributed by atoms with Crippen molar-refractivity contribution in [2.24, 2.45) is 0 Å². The van der Waals surface area contributed by atoms with E-state index in [2.05, 4.69) is 15.4 Å². The number of carbonyl (C=O) groups is 1. The predicted octanol–water partition coefficient (Wildman–Crippen LogP) is 2.34. The summed E-state index contributed by atoms with van der Waals surface area (Å²) in [7, 11) is 0. The summed E-state index contributed by atoms with van der Waals surface area (Å²) < 4.78 is 7.47. The topological polar surface area (TPSA) is 69.0 Å². The lowest BCUT2D eigenvalue weighted by Gasteiger charge is -2.16. The Bertz CT molecular complexity index is 668. The Labute approximate surface area is 120 Å². The number of hydrogen-bond acceptors (Lipinski definition) is 4. The van der Waals surface area contributed by atoms with Gasteiger partial charge in [-0.1, -0.05) is 11.6 Å². The molecule has 0 bridgehead atoms. The van der Waals surface area contributed by atoms with E-state index in [-0.39, 0.29) is 5.91 Å². The van der Waals surface area contributed by atoms with Gasteiger partial charge in [0.25, 0.3) is 0 Å². The number of aryl methyl sites for hydroxylation is 1. The molecule has 1 N–H and O–H groups in total. The van der Waals surface area contributed by atoms with Gasteiger partial charge in [0, 0.05) is 31.6 Å². The van der Waals surface area contributed by atoms with Crippen LogP contribution in [0.1, 0.15) is 13.3 Å². The van der Waals surface area contributed by atoms with Crippen molar-refractivity contribution < 1.29 is 9.53 Å². The van der Waals surface area contributed by atoms with Gasteiger partial charge in [0.05, 0.1) is 23.4 Å². The Morgan fingerprint density at radius 3 is 3.10 bits per heavy atom. The molecule has 1 aliphatic heterocycles. The van der Waals surface area contributed by atoms with Crippen LogP contribution in [-0.2, 0) is 11.3 Å². The van der Waals surface area contributed by atoms with Gasteiger partial charge in [0.15, 0.2) is 0 Å². The van der Waals surface area contributed by atoms with Gasteiger partial charge in [-0.2, -0.15) is 5.10 Å². The largest absolute Gasteiger partial charge is 0.477 e. The molecule has 0 spiro atoms. The van der Waals surface area contributed by atoms with Gasteiger partial charge < -0.3 is 10.1 Å². The van der Waals surface area contributed by atoms with Gasteiger partial charge in [-0.25, -0.2) is 9.67 Å². The summed E-state index contributed by atoms with van der Waals surface area (Å²) >= 11 is 6.20. The van der Waals surface area contributed by atoms with Crippen LogP contribution < -0.4 is 10.1 Å². The standard InChI is InChI=1S/C13H13ClN4O2/c1-8(19)17-12-5-9(11(14)7-15-12)10-6-16-18-3-2-4-20-13(10)18/h5-7H,2-4H2,1H3,(H,15,17,19). The minimum absolute atomic E-state index is 0.181. The third-order valence-electron chi connectivity index (χ3n) is 2.99. The molecule has 0 fully saturated rings. The van der Waals surface area contributed by atoms with Crippen molar-refractivity contribution >= 4 is 23.3 Å². The number of fused-ring (bicyclic) bond motifs is 1. The van der Waals surface area contributed by atoms with Crippen LogP contribution in [0.25, 0.3) is 11.1 Å². The number of hydrogen-bond donors (Lipinski definition) is 1. The van der Waals surface area contributed by atoms with Crippen LogP contribution in [0, 0.1) is 0 Å². The highest BCUT2D eigenvalue weighted by Crippen LogP contribution is 2.36. The molecule has 3 rings (SSSR count). The second-order valence-corrected chi connectivity index (χ2v) is 4.93. The lowest BCUT2D eigenvalue weighted by Crippen LogP contribution is -2.15. The van der Waals surface area contributed by atoms with Crippen LogP contribution in [-0.4, -0.2) is 27.3 Å². The smallest absolute Gasteiger partial charge is 0.222 e. The highest BCUT2D eigenvalue weighted by molar-refractivity contribution is 6.33. The highest BCUT2D eigenvalue weighted by Gasteiger charge is 2.20. The SMILES string of the molecule is CC(=O)Nc1cc(-c2cnn3c2OCCC3)c(Cl)cn1. The van der Waals surface area contributed by atoms with Crippen molar-refractivity contribution in [2.45, 2.75) is 19.9 Å². The van der Waals surface area contributed by atoms with E-state index >= 15 is 0 Å². The fourth-order valence-corrected chi connectivity index (χ4v) is 2.35. The first-order valence-corrected chi connectivity index (χ1v) is 6.65. The molecule has 0 aromatic carbocycles. The maximum Gasteiger partial charge on any atom is 0.222 e. The van der Waals surface area contributed by atoms with Gasteiger partial charge in [-0.15, -0.1) is 0 Å². The van der Waals surface area contributed by atoms with Crippen molar-refractivity contribution in [3.05, 3.63) is 23.5 Å². The molecule has 7 heteroatoms. The van der Waals surface area contributed by atoms with E-state index in [0.717, 1.165) is 24.1 Å². The molecular weight excluding hydrogens is 280 g/mol. The summed E-state index contributed by atoms with van der Waals surface area (Å²) in [4.78, 5) is 15.2. The van der Waals surface area contributed by atoms with Crippen LogP contribution in [0.2, 0.25) is 5.02 Å². The molecule has 0 atom stereocenters. The number of aromatic nitrogens is 3. The maximum atomic E-state index is 11.1. The Morgan fingerprint density at radius 1 is 1.45 bits per heavy atom. The molecule has 104 valence electrons. The van der Waals surface area contributed by atoms with Gasteiger partial charge in [-0.05, 0) is 6.07 Å². The Hall–Kier alpha value is -2.08. The fraction of sp³-hybridized carbons (Fsp3) is 0.308. The summed E-state index contributed by atoms with van der Waals surface area (Å²) in [6.45, 7) is 2.93. The molecule has 20 heavy (non-hydrogen) atoms. The van der Waals surface area contributed by atoms with Gasteiger partial charge in [-0.3, -0.25) is 4.79 Å². The van der Waals surface area contributed by atoms with Gasteiger partial charge in [0.1, 0.15) is 5.82 Å². The van der Waals surface area contributed by atoms with E-state index in [1.165, 1.54) is 13.1 Å². The Kier molecular flexibility index (Phi) is 3.31. The third-order valence-corrected chi connectivity index (χ3v) is 3.29. The molecule has 2 aromatic rings. The minimum atomic E-state index is -0.181. The second-order valence-electron chi connectivity index (χ2n) is 4.52. The maximum absolute atomic E-state index is 11.1. The minimum Gasteiger partial charge on any atom is -0.477 e. The van der Waals surface area contributed by atoms with Crippen molar-refractivity contribution in [3.8, 4) is 17.0 Å². The average molecular weight is 293 g/mol. The van der Waals surface area contributed by atoms with Crippen molar-refractivity contribution in [3.63, 3.8) is 0 Å². The van der Waals surface area contributed by atoms with Gasteiger partial charge >= 0.3 is 0 Å². The average Bonchev–Trinajstić information content (AvgIpc) is 2.84. The van der Waals surface area contributed by atoms with Crippen molar-refractivity contribution in [1.29, 1.82) is 0 Å². The number of carbonyl (C=O) groups excluding carboxylic acids is 1. The van der Waals surface area contributed by atoms with E-state index in [9.17, 15) is 4.79 Å². The fourth-order valence-electron chi connectivity index (χ4n) is 2.15. The van der Waals surface area contributed by atoms with E-state index in [4.69, 9.17) is 16.3 Å². The lowest BCUT2D eigenvalue weighted by molar-refractivity contribution is -0.114. The van der Waals surface area contributed by atoms with Gasteiger partial charge in [0.2, 0.25) is 11.8 Å².